The van der Waals surface area contributed by atoms with E-state index in [1.54, 1.807) is 0 Å². The van der Waals surface area contributed by atoms with E-state index in [0.717, 1.165) is 28.4 Å². The van der Waals surface area contributed by atoms with E-state index in [1.165, 1.54) is 11.1 Å². The van der Waals surface area contributed by atoms with Crippen LogP contribution in [-0.2, 0) is 5.75 Å². The van der Waals surface area contributed by atoms with Crippen LogP contribution in [0.15, 0.2) is 42.5 Å². The van der Waals surface area contributed by atoms with Gasteiger partial charge in [-0.3, -0.25) is 0 Å². The van der Waals surface area contributed by atoms with Gasteiger partial charge in [0.25, 0.3) is 0 Å². The number of benzene rings is 2. The number of aryl methyl sites for hydroxylation is 1. The highest BCUT2D eigenvalue weighted by Gasteiger charge is 2.03. The Hall–Kier alpha value is -1.94. The smallest absolute Gasteiger partial charge is 0.205 e. The number of nitrogens with one attached hydrogen (secondary N) is 2. The van der Waals surface area contributed by atoms with Gasteiger partial charge < -0.3 is 10.3 Å². The van der Waals surface area contributed by atoms with Gasteiger partial charge in [-0.05, 0) is 47.6 Å². The fraction of sp³-hybridized carbons (Fsp3) is 0.278. The maximum Gasteiger partial charge on any atom is 0.205 e. The summed E-state index contributed by atoms with van der Waals surface area (Å²) in [6, 6.07) is 14.8. The van der Waals surface area contributed by atoms with Crippen molar-refractivity contribution in [2.45, 2.75) is 31.8 Å². The lowest BCUT2D eigenvalue weighted by atomic mass is 10.2. The second-order valence-corrected chi connectivity index (χ2v) is 7.35. The number of anilines is 2. The van der Waals surface area contributed by atoms with Gasteiger partial charge in [-0.2, -0.15) is 11.8 Å². The zero-order valence-corrected chi connectivity index (χ0v) is 14.0. The van der Waals surface area contributed by atoms with Crippen molar-refractivity contribution < 1.29 is 0 Å². The first kappa shape index (κ1) is 15.0. The fourth-order valence-electron chi connectivity index (χ4n) is 2.27. The van der Waals surface area contributed by atoms with Crippen LogP contribution in [0.2, 0.25) is 0 Å². The van der Waals surface area contributed by atoms with Gasteiger partial charge in [0.2, 0.25) is 5.95 Å². The summed E-state index contributed by atoms with van der Waals surface area (Å²) >= 11 is 1.96. The Kier molecular flexibility index (Phi) is 4.39. The van der Waals surface area contributed by atoms with Gasteiger partial charge >= 0.3 is 0 Å². The van der Waals surface area contributed by atoms with Crippen molar-refractivity contribution in [1.82, 2.24) is 9.97 Å². The monoisotopic (exact) mass is 311 g/mol. The van der Waals surface area contributed by atoms with E-state index in [9.17, 15) is 0 Å². The molecule has 4 heteroatoms. The minimum absolute atomic E-state index is 0.664. The standard InChI is InChI=1S/C18H21N3S/c1-12(2)22-11-14-5-7-15(8-6-14)19-18-20-16-9-4-13(3)10-17(16)21-18/h4-10,12H,11H2,1-3H3,(H2,19,20,21). The van der Waals surface area contributed by atoms with Crippen molar-refractivity contribution in [2.75, 3.05) is 5.32 Å². The van der Waals surface area contributed by atoms with Crippen LogP contribution >= 0.6 is 11.8 Å². The third kappa shape index (κ3) is 3.63. The molecule has 0 saturated carbocycles. The minimum atomic E-state index is 0.664. The molecule has 3 aromatic rings. The summed E-state index contributed by atoms with van der Waals surface area (Å²) < 4.78 is 0. The number of nitrogens with zero attached hydrogens (tertiary/aromatic N) is 1. The molecule has 0 spiro atoms. The highest BCUT2D eigenvalue weighted by molar-refractivity contribution is 7.99. The normalized spacial score (nSPS) is 11.3. The van der Waals surface area contributed by atoms with E-state index in [4.69, 9.17) is 0 Å². The average molecular weight is 311 g/mol. The van der Waals surface area contributed by atoms with Crippen LogP contribution in [0.5, 0.6) is 0 Å². The van der Waals surface area contributed by atoms with Gasteiger partial charge in [0, 0.05) is 11.4 Å². The predicted octanol–water partition coefficient (Wildman–Crippen LogP) is 5.26. The highest BCUT2D eigenvalue weighted by atomic mass is 32.2. The van der Waals surface area contributed by atoms with Gasteiger partial charge in [0.1, 0.15) is 0 Å². The second kappa shape index (κ2) is 6.44. The largest absolute Gasteiger partial charge is 0.326 e. The van der Waals surface area contributed by atoms with E-state index in [-0.39, 0.29) is 0 Å². The summed E-state index contributed by atoms with van der Waals surface area (Å²) in [7, 11) is 0. The van der Waals surface area contributed by atoms with Crippen LogP contribution < -0.4 is 5.32 Å². The summed E-state index contributed by atoms with van der Waals surface area (Å²) in [5, 5.41) is 4.00. The van der Waals surface area contributed by atoms with Gasteiger partial charge in [-0.25, -0.2) is 4.98 Å². The summed E-state index contributed by atoms with van der Waals surface area (Å²) in [5.74, 6) is 1.84. The zero-order chi connectivity index (χ0) is 15.5. The van der Waals surface area contributed by atoms with Crippen molar-refractivity contribution in [3.8, 4) is 0 Å². The predicted molar refractivity (Wildman–Crippen MR) is 97.0 cm³/mol. The number of hydrogen-bond acceptors (Lipinski definition) is 3. The second-order valence-electron chi connectivity index (χ2n) is 5.79. The third-order valence-corrected chi connectivity index (χ3v) is 4.60. The molecule has 114 valence electrons. The number of fused-ring (bicyclic) bond motifs is 1. The van der Waals surface area contributed by atoms with Crippen molar-refractivity contribution in [3.05, 3.63) is 53.6 Å². The first-order valence-electron chi connectivity index (χ1n) is 7.54. The number of thioether (sulfide) groups is 1. The SMILES string of the molecule is Cc1ccc2nc(Nc3ccc(CSC(C)C)cc3)[nH]c2c1. The molecule has 0 radical (unpaired) electrons. The Morgan fingerprint density at radius 3 is 2.64 bits per heavy atom. The van der Waals surface area contributed by atoms with Crippen molar-refractivity contribution in [1.29, 1.82) is 0 Å². The van der Waals surface area contributed by atoms with Crippen LogP contribution in [0, 0.1) is 6.92 Å². The number of aromatic amines is 1. The van der Waals surface area contributed by atoms with Crippen molar-refractivity contribution in [3.63, 3.8) is 0 Å². The topological polar surface area (TPSA) is 40.7 Å². The number of H-pyrrole nitrogens is 1. The first-order valence-corrected chi connectivity index (χ1v) is 8.59. The number of aromatic nitrogens is 2. The molecule has 3 rings (SSSR count). The third-order valence-electron chi connectivity index (χ3n) is 3.44. The molecule has 0 saturated heterocycles. The molecule has 1 heterocycles. The summed E-state index contributed by atoms with van der Waals surface area (Å²) in [4.78, 5) is 7.87. The van der Waals surface area contributed by atoms with Crippen LogP contribution in [0.4, 0.5) is 11.6 Å². The lowest BCUT2D eigenvalue weighted by molar-refractivity contribution is 1.11. The molecular formula is C18H21N3S. The molecule has 3 nitrogen and oxygen atoms in total. The van der Waals surface area contributed by atoms with Gasteiger partial charge in [0.05, 0.1) is 11.0 Å². The maximum absolute atomic E-state index is 4.56. The summed E-state index contributed by atoms with van der Waals surface area (Å²) in [6.07, 6.45) is 0. The van der Waals surface area contributed by atoms with Gasteiger partial charge in [-0.15, -0.1) is 0 Å². The molecule has 0 atom stereocenters. The molecule has 0 aliphatic rings. The lowest BCUT2D eigenvalue weighted by Crippen LogP contribution is -1.93. The molecule has 0 amide bonds. The quantitative estimate of drug-likeness (QED) is 0.675. The Balaban J connectivity index is 1.71. The molecule has 22 heavy (non-hydrogen) atoms. The molecule has 0 aliphatic heterocycles. The Morgan fingerprint density at radius 2 is 1.91 bits per heavy atom. The summed E-state index contributed by atoms with van der Waals surface area (Å²) in [6.45, 7) is 6.54. The molecule has 2 aromatic carbocycles. The Bertz CT molecular complexity index is 760. The zero-order valence-electron chi connectivity index (χ0n) is 13.2. The van der Waals surface area contributed by atoms with Crippen LogP contribution in [0.3, 0.4) is 0 Å². The van der Waals surface area contributed by atoms with E-state index >= 15 is 0 Å². The van der Waals surface area contributed by atoms with E-state index in [2.05, 4.69) is 72.5 Å². The van der Waals surface area contributed by atoms with E-state index in [0.29, 0.717) is 5.25 Å². The van der Waals surface area contributed by atoms with Crippen LogP contribution in [0.25, 0.3) is 11.0 Å². The van der Waals surface area contributed by atoms with Gasteiger partial charge in [0.15, 0.2) is 0 Å². The molecular weight excluding hydrogens is 290 g/mol. The average Bonchev–Trinajstić information content (AvgIpc) is 2.87. The highest BCUT2D eigenvalue weighted by Crippen LogP contribution is 2.22. The molecule has 0 bridgehead atoms. The Morgan fingerprint density at radius 1 is 1.14 bits per heavy atom. The van der Waals surface area contributed by atoms with Crippen LogP contribution in [-0.4, -0.2) is 15.2 Å². The summed E-state index contributed by atoms with van der Waals surface area (Å²) in [5.41, 5.74) is 5.68. The van der Waals surface area contributed by atoms with Gasteiger partial charge in [-0.1, -0.05) is 32.0 Å². The first-order chi connectivity index (χ1) is 10.6. The number of hydrogen-bond donors (Lipinski definition) is 2. The number of rotatable bonds is 5. The molecule has 1 aromatic heterocycles. The molecule has 0 fully saturated rings. The molecule has 0 unspecified atom stereocenters. The Labute approximate surface area is 135 Å². The maximum atomic E-state index is 4.56. The molecule has 0 aliphatic carbocycles. The molecule has 2 N–H and O–H groups in total. The van der Waals surface area contributed by atoms with E-state index < -0.39 is 0 Å². The lowest BCUT2D eigenvalue weighted by Gasteiger charge is -2.06. The fourth-order valence-corrected chi connectivity index (χ4v) is 2.98. The van der Waals surface area contributed by atoms with Crippen molar-refractivity contribution >= 4 is 34.4 Å². The van der Waals surface area contributed by atoms with Crippen molar-refractivity contribution in [2.24, 2.45) is 0 Å². The van der Waals surface area contributed by atoms with E-state index in [1.807, 2.05) is 17.8 Å². The van der Waals surface area contributed by atoms with Crippen LogP contribution in [0.1, 0.15) is 25.0 Å². The minimum Gasteiger partial charge on any atom is -0.326 e. The number of imidazole rings is 1.